The number of hydrogen-bond acceptors (Lipinski definition) is 9. The Morgan fingerprint density at radius 1 is 1.08 bits per heavy atom. The SMILES string of the molecule is [C-]#[N+]C(C)(C[C@](C)(CC(C)(SC(=S)c1ccccc1)C(=O)OCC(F)(F)C(F)F)C(=O)NCCCN=C(N)N)C(=O)CCCOCCCO. The van der Waals surface area contributed by atoms with Gasteiger partial charge in [-0.05, 0) is 38.2 Å². The Balaban J connectivity index is 3.53. The highest BCUT2D eigenvalue weighted by Crippen LogP contribution is 2.45. The molecule has 2 unspecified atom stereocenters. The topological polar surface area (TPSA) is 171 Å². The predicted octanol–water partition coefficient (Wildman–Crippen LogP) is 4.29. The van der Waals surface area contributed by atoms with Gasteiger partial charge in [-0.15, -0.1) is 0 Å². The van der Waals surface area contributed by atoms with Crippen molar-refractivity contribution >= 4 is 51.8 Å². The molecule has 0 saturated carbocycles. The lowest BCUT2D eigenvalue weighted by Gasteiger charge is -2.38. The number of aliphatic hydroxyl groups excluding tert-OH is 1. The van der Waals surface area contributed by atoms with Gasteiger partial charge in [0.15, 0.2) is 12.6 Å². The Bertz CT molecular complexity index is 1330. The maximum absolute atomic E-state index is 13.9. The van der Waals surface area contributed by atoms with Crippen molar-refractivity contribution in [2.45, 2.75) is 81.9 Å². The van der Waals surface area contributed by atoms with E-state index in [0.29, 0.717) is 30.2 Å². The van der Waals surface area contributed by atoms with E-state index in [1.54, 1.807) is 30.3 Å². The fourth-order valence-electron chi connectivity index (χ4n) is 4.87. The number of rotatable bonds is 23. The second-order valence-corrected chi connectivity index (χ2v) is 14.2. The van der Waals surface area contributed by atoms with Crippen LogP contribution in [0.15, 0.2) is 35.3 Å². The molecule has 1 amide bonds. The number of alkyl halides is 4. The summed E-state index contributed by atoms with van der Waals surface area (Å²) >= 11 is 6.26. The van der Waals surface area contributed by atoms with Gasteiger partial charge < -0.3 is 36.2 Å². The summed E-state index contributed by atoms with van der Waals surface area (Å²) in [6.45, 7) is 10.7. The van der Waals surface area contributed by atoms with E-state index in [1.165, 1.54) is 20.8 Å². The van der Waals surface area contributed by atoms with Gasteiger partial charge >= 0.3 is 18.3 Å². The lowest BCUT2D eigenvalue weighted by atomic mass is 9.70. The number of esters is 1. The third-order valence-corrected chi connectivity index (χ3v) is 9.05. The molecule has 0 aliphatic rings. The van der Waals surface area contributed by atoms with Gasteiger partial charge in [0.2, 0.25) is 11.7 Å². The number of hydrogen-bond donors (Lipinski definition) is 4. The summed E-state index contributed by atoms with van der Waals surface area (Å²) in [6, 6.07) is 8.33. The number of ketones is 1. The number of guanidine groups is 1. The number of nitrogens with zero attached hydrogens (tertiary/aromatic N) is 2. The zero-order chi connectivity index (χ0) is 37.3. The molecular formula is C32H45F4N5O6S2. The van der Waals surface area contributed by atoms with E-state index in [0.717, 1.165) is 0 Å². The van der Waals surface area contributed by atoms with Crippen LogP contribution >= 0.6 is 24.0 Å². The number of thiocarbonyl (C=S) groups is 1. The van der Waals surface area contributed by atoms with Crippen LogP contribution in [0.5, 0.6) is 0 Å². The first kappa shape index (κ1) is 43.7. The molecule has 0 aromatic heterocycles. The summed E-state index contributed by atoms with van der Waals surface area (Å²) in [7, 11) is 0. The van der Waals surface area contributed by atoms with Crippen molar-refractivity contribution < 1.29 is 46.5 Å². The van der Waals surface area contributed by atoms with Crippen LogP contribution < -0.4 is 16.8 Å². The standard InChI is InChI=1S/C32H45F4N5O6S2/c1-29(26(44)40-14-9-15-41-28(37)38,19-30(2,39-4)23(43)13-8-17-46-18-10-16-42)20-31(3,27(45)47-21-32(35,36)25(33)34)49-24(48)22-11-6-5-7-12-22/h5-7,11-12,25,42H,8-10,13-21H2,1-3H3,(H,40,44)(H4,37,38,41)/t29-,30?,31?/m1/s1. The summed E-state index contributed by atoms with van der Waals surface area (Å²) in [5, 5.41) is 11.6. The Labute approximate surface area is 293 Å². The van der Waals surface area contributed by atoms with Gasteiger partial charge in [0.1, 0.15) is 4.75 Å². The molecular weight excluding hydrogens is 691 g/mol. The molecule has 1 rings (SSSR count). The monoisotopic (exact) mass is 735 g/mol. The third kappa shape index (κ3) is 14.6. The van der Waals surface area contributed by atoms with E-state index in [-0.39, 0.29) is 55.9 Å². The average Bonchev–Trinajstić information content (AvgIpc) is 3.04. The van der Waals surface area contributed by atoms with Crippen molar-refractivity contribution in [2.24, 2.45) is 21.9 Å². The molecule has 1 aromatic carbocycles. The highest BCUT2D eigenvalue weighted by atomic mass is 32.2. The maximum atomic E-state index is 13.9. The number of thioether (sulfide) groups is 1. The van der Waals surface area contributed by atoms with E-state index in [4.69, 9.17) is 44.8 Å². The molecule has 17 heteroatoms. The minimum absolute atomic E-state index is 0.0520. The zero-order valence-electron chi connectivity index (χ0n) is 27.8. The number of aliphatic imine (C=N–C) groups is 1. The number of carbonyl (C=O) groups is 3. The molecule has 6 N–H and O–H groups in total. The Morgan fingerprint density at radius 2 is 1.71 bits per heavy atom. The second kappa shape index (κ2) is 20.4. The van der Waals surface area contributed by atoms with E-state index < -0.39 is 65.2 Å². The van der Waals surface area contributed by atoms with Gasteiger partial charge in [0, 0.05) is 52.7 Å². The molecule has 3 atom stereocenters. The number of Topliss-reactive ketones (excluding diaryl/α,β-unsaturated/α-hetero) is 1. The summed E-state index contributed by atoms with van der Waals surface area (Å²) in [5.74, 6) is -7.34. The summed E-state index contributed by atoms with van der Waals surface area (Å²) < 4.78 is 61.9. The molecule has 11 nitrogen and oxygen atoms in total. The minimum Gasteiger partial charge on any atom is -0.458 e. The number of amides is 1. The highest BCUT2D eigenvalue weighted by Gasteiger charge is 2.54. The van der Waals surface area contributed by atoms with Gasteiger partial charge in [-0.25, -0.2) is 15.4 Å². The molecule has 0 bridgehead atoms. The van der Waals surface area contributed by atoms with Crippen molar-refractivity contribution in [3.8, 4) is 0 Å². The number of carbonyl (C=O) groups excluding carboxylic acids is 3. The number of nitrogens with one attached hydrogen (secondary N) is 1. The lowest BCUT2D eigenvalue weighted by Crippen LogP contribution is -2.51. The molecule has 0 saturated heterocycles. The zero-order valence-corrected chi connectivity index (χ0v) is 29.4. The lowest BCUT2D eigenvalue weighted by molar-refractivity contribution is -0.181. The fraction of sp³-hybridized carbons (Fsp3) is 0.625. The molecule has 0 aliphatic heterocycles. The van der Waals surface area contributed by atoms with E-state index in [1.807, 2.05) is 0 Å². The van der Waals surface area contributed by atoms with Crippen molar-refractivity contribution in [1.82, 2.24) is 5.32 Å². The first-order valence-corrected chi connectivity index (χ1v) is 16.6. The molecule has 0 fully saturated rings. The molecule has 0 heterocycles. The van der Waals surface area contributed by atoms with Gasteiger partial charge in [-0.1, -0.05) is 61.2 Å². The van der Waals surface area contributed by atoms with Gasteiger partial charge in [-0.2, -0.15) is 8.78 Å². The van der Waals surface area contributed by atoms with Gasteiger partial charge in [0.05, 0.1) is 9.61 Å². The van der Waals surface area contributed by atoms with Crippen molar-refractivity contribution in [2.75, 3.05) is 39.5 Å². The highest BCUT2D eigenvalue weighted by molar-refractivity contribution is 8.25. The van der Waals surface area contributed by atoms with Crippen LogP contribution in [0.2, 0.25) is 0 Å². The van der Waals surface area contributed by atoms with E-state index in [2.05, 4.69) is 15.2 Å². The maximum Gasteiger partial charge on any atom is 0.340 e. The normalized spacial score (nSPS) is 15.2. The van der Waals surface area contributed by atoms with E-state index >= 15 is 0 Å². The third-order valence-electron chi connectivity index (χ3n) is 7.39. The van der Waals surface area contributed by atoms with Crippen molar-refractivity contribution in [3.05, 3.63) is 47.3 Å². The summed E-state index contributed by atoms with van der Waals surface area (Å²) in [4.78, 5) is 48.4. The number of aliphatic hydroxyl groups is 1. The summed E-state index contributed by atoms with van der Waals surface area (Å²) in [6.07, 6.45) is -4.13. The van der Waals surface area contributed by atoms with Crippen molar-refractivity contribution in [3.63, 3.8) is 0 Å². The molecule has 274 valence electrons. The van der Waals surface area contributed by atoms with Crippen LogP contribution in [0.3, 0.4) is 0 Å². The molecule has 1 aromatic rings. The van der Waals surface area contributed by atoms with Crippen LogP contribution in [0, 0.1) is 12.0 Å². The molecule has 0 aliphatic carbocycles. The number of ether oxygens (including phenoxy) is 2. The van der Waals surface area contributed by atoms with Gasteiger partial charge in [-0.3, -0.25) is 19.4 Å². The van der Waals surface area contributed by atoms with Crippen molar-refractivity contribution in [1.29, 1.82) is 0 Å². The van der Waals surface area contributed by atoms with Crippen LogP contribution in [0.1, 0.15) is 64.9 Å². The van der Waals surface area contributed by atoms with Gasteiger partial charge in [0.25, 0.3) is 5.54 Å². The minimum atomic E-state index is -4.64. The summed E-state index contributed by atoms with van der Waals surface area (Å²) in [5.41, 5.74) is 7.67. The number of benzene rings is 1. The molecule has 0 spiro atoms. The fourth-order valence-corrected chi connectivity index (χ4v) is 6.75. The molecule has 0 radical (unpaired) electrons. The van der Waals surface area contributed by atoms with Crippen LogP contribution in [-0.4, -0.2) is 95.1 Å². The Kier molecular flexibility index (Phi) is 18.2. The predicted molar refractivity (Wildman–Crippen MR) is 183 cm³/mol. The average molecular weight is 736 g/mol. The molecule has 49 heavy (non-hydrogen) atoms. The van der Waals surface area contributed by atoms with E-state index in [9.17, 15) is 31.9 Å². The Morgan fingerprint density at radius 3 is 2.29 bits per heavy atom. The Hall–Kier alpha value is -3.33. The first-order chi connectivity index (χ1) is 22.9. The quantitative estimate of drug-likeness (QED) is 0.0242. The second-order valence-electron chi connectivity index (χ2n) is 12.1. The number of nitrogens with two attached hydrogens (primary N) is 2. The first-order valence-electron chi connectivity index (χ1n) is 15.4. The number of halogens is 4. The van der Waals surface area contributed by atoms with Crippen LogP contribution in [0.4, 0.5) is 17.6 Å². The van der Waals surface area contributed by atoms with Crippen LogP contribution in [0.25, 0.3) is 4.85 Å². The smallest absolute Gasteiger partial charge is 0.340 e. The largest absolute Gasteiger partial charge is 0.458 e. The van der Waals surface area contributed by atoms with Crippen LogP contribution in [-0.2, 0) is 23.9 Å².